The summed E-state index contributed by atoms with van der Waals surface area (Å²) in [6, 6.07) is 14.8. The second kappa shape index (κ2) is 11.1. The van der Waals surface area contributed by atoms with Crippen molar-refractivity contribution < 1.29 is 28.8 Å². The highest BCUT2D eigenvalue weighted by molar-refractivity contribution is 7.80. The number of imide groups is 1. The number of fused-ring (bicyclic) bond motifs is 1. The summed E-state index contributed by atoms with van der Waals surface area (Å²) in [6.07, 6.45) is -1.39. The standard InChI is InChI=1S/C27H31N5O5S/c1-17-9-8-14-32(17,27(36)37)22(33)15-31-21-13-7-6-12-19(21)23(18-10-4-3-5-11-18)29-24(26(31)35)30(2)25(34)20(28)16-38/h3-7,10-13,17,20,24H,8-9,14-16,28H2,1-2H3,(H-,36,37,38)/p+1/t17-,20?,24?,32?/m1/s1. The van der Waals surface area contributed by atoms with E-state index < -0.39 is 53.1 Å². The summed E-state index contributed by atoms with van der Waals surface area (Å²) in [5, 5.41) is 10.1. The molecule has 2 heterocycles. The molecular weight excluding hydrogens is 506 g/mol. The molecule has 2 aliphatic heterocycles. The Hall–Kier alpha value is -3.54. The molecule has 2 aliphatic rings. The van der Waals surface area contributed by atoms with E-state index in [9.17, 15) is 24.3 Å². The van der Waals surface area contributed by atoms with Crippen LogP contribution in [-0.2, 0) is 14.4 Å². The monoisotopic (exact) mass is 538 g/mol. The number of hydrogen-bond donors (Lipinski definition) is 3. The normalized spacial score (nSPS) is 23.7. The minimum absolute atomic E-state index is 0.0677. The van der Waals surface area contributed by atoms with Crippen LogP contribution < -0.4 is 10.6 Å². The van der Waals surface area contributed by atoms with Crippen molar-refractivity contribution in [3.8, 4) is 0 Å². The lowest BCUT2D eigenvalue weighted by atomic mass is 10.00. The van der Waals surface area contributed by atoms with Gasteiger partial charge in [0.05, 0.1) is 24.0 Å². The van der Waals surface area contributed by atoms with Gasteiger partial charge in [0, 0.05) is 36.8 Å². The number of aliphatic imine (C=N–C) groups is 1. The molecule has 0 aromatic heterocycles. The van der Waals surface area contributed by atoms with E-state index in [2.05, 4.69) is 12.6 Å². The number of hydrogen-bond acceptors (Lipinski definition) is 7. The van der Waals surface area contributed by atoms with Gasteiger partial charge in [-0.25, -0.2) is 9.79 Å². The molecule has 2 aromatic rings. The number of rotatable bonds is 6. The van der Waals surface area contributed by atoms with Crippen molar-refractivity contribution in [2.45, 2.75) is 38.0 Å². The van der Waals surface area contributed by atoms with E-state index >= 15 is 0 Å². The number of nitrogens with zero attached hydrogens (tertiary/aromatic N) is 4. The molecule has 1 fully saturated rings. The molecule has 0 aliphatic carbocycles. The highest BCUT2D eigenvalue weighted by atomic mass is 32.1. The lowest BCUT2D eigenvalue weighted by molar-refractivity contribution is -0.791. The van der Waals surface area contributed by atoms with E-state index in [1.807, 2.05) is 30.3 Å². The molecule has 11 heteroatoms. The number of anilines is 1. The number of likely N-dealkylation sites (N-methyl/N-ethyl adjacent to an activating group) is 1. The minimum atomic E-state index is -1.34. The number of carbonyl (C=O) groups is 4. The third-order valence-electron chi connectivity index (χ3n) is 7.43. The summed E-state index contributed by atoms with van der Waals surface area (Å²) in [7, 11) is 1.43. The molecule has 1 saturated heterocycles. The van der Waals surface area contributed by atoms with Gasteiger partial charge in [-0.15, -0.1) is 0 Å². The predicted octanol–water partition coefficient (Wildman–Crippen LogP) is 2.12. The molecule has 2 aromatic carbocycles. The fourth-order valence-electron chi connectivity index (χ4n) is 5.22. The summed E-state index contributed by atoms with van der Waals surface area (Å²) in [5.41, 5.74) is 8.11. The quantitative estimate of drug-likeness (QED) is 0.381. The Morgan fingerprint density at radius 1 is 1.18 bits per heavy atom. The van der Waals surface area contributed by atoms with E-state index in [4.69, 9.17) is 10.7 Å². The molecule has 10 nitrogen and oxygen atoms in total. The number of amides is 4. The second-order valence-corrected chi connectivity index (χ2v) is 10.0. The molecule has 0 saturated carbocycles. The predicted molar refractivity (Wildman–Crippen MR) is 146 cm³/mol. The highest BCUT2D eigenvalue weighted by Crippen LogP contribution is 2.32. The number of thiol groups is 1. The number of benzodiazepines with no additional fused rings is 1. The van der Waals surface area contributed by atoms with Gasteiger partial charge in [0.15, 0.2) is 0 Å². The van der Waals surface area contributed by atoms with Crippen LogP contribution >= 0.6 is 12.6 Å². The lowest BCUT2D eigenvalue weighted by Gasteiger charge is -2.33. The maximum Gasteiger partial charge on any atom is 0.521 e. The molecule has 3 N–H and O–H groups in total. The molecule has 0 spiro atoms. The van der Waals surface area contributed by atoms with Crippen LogP contribution in [0.2, 0.25) is 0 Å². The molecule has 4 rings (SSSR count). The molecule has 4 atom stereocenters. The zero-order valence-corrected chi connectivity index (χ0v) is 22.3. The zero-order chi connectivity index (χ0) is 27.6. The number of carbonyl (C=O) groups excluding carboxylic acids is 3. The average molecular weight is 539 g/mol. The Balaban J connectivity index is 1.86. The molecule has 0 radical (unpaired) electrons. The highest BCUT2D eigenvalue weighted by Gasteiger charge is 2.54. The van der Waals surface area contributed by atoms with Gasteiger partial charge in [0.25, 0.3) is 5.91 Å². The van der Waals surface area contributed by atoms with Gasteiger partial charge in [-0.2, -0.15) is 21.9 Å². The Kier molecular flexibility index (Phi) is 8.00. The maximum absolute atomic E-state index is 14.1. The van der Waals surface area contributed by atoms with Gasteiger partial charge in [0.2, 0.25) is 12.1 Å². The molecule has 3 unspecified atom stereocenters. The molecule has 38 heavy (non-hydrogen) atoms. The molecular formula is C27H32N5O5S+. The smallest absolute Gasteiger partial charge is 0.435 e. The number of benzene rings is 2. The van der Waals surface area contributed by atoms with Crippen molar-refractivity contribution in [3.63, 3.8) is 0 Å². The van der Waals surface area contributed by atoms with Crippen LogP contribution in [0.1, 0.15) is 30.9 Å². The van der Waals surface area contributed by atoms with E-state index in [0.717, 1.165) is 4.90 Å². The summed E-state index contributed by atoms with van der Waals surface area (Å²) in [5.74, 6) is -1.70. The van der Waals surface area contributed by atoms with Gasteiger partial charge in [-0.3, -0.25) is 14.5 Å². The SMILES string of the molecule is C[C@@H]1CCC[N+]1(C(=O)O)C(=O)CN1C(=O)C(N(C)C(=O)C(N)CS)N=C(c2ccccc2)c2ccccc21. The second-order valence-electron chi connectivity index (χ2n) is 9.66. The van der Waals surface area contributed by atoms with E-state index in [1.165, 1.54) is 11.9 Å². The lowest BCUT2D eigenvalue weighted by Crippen LogP contribution is -2.62. The van der Waals surface area contributed by atoms with Crippen LogP contribution in [-0.4, -0.2) is 88.2 Å². The van der Waals surface area contributed by atoms with E-state index in [-0.39, 0.29) is 12.3 Å². The number of quaternary nitrogens is 1. The summed E-state index contributed by atoms with van der Waals surface area (Å²) in [6.45, 7) is 1.41. The maximum atomic E-state index is 14.1. The van der Waals surface area contributed by atoms with Gasteiger partial charge >= 0.3 is 12.0 Å². The average Bonchev–Trinajstić information content (AvgIpc) is 3.28. The number of nitrogens with two attached hydrogens (primary N) is 1. The first-order chi connectivity index (χ1) is 18.1. The van der Waals surface area contributed by atoms with Crippen LogP contribution in [0.5, 0.6) is 0 Å². The van der Waals surface area contributed by atoms with Crippen LogP contribution in [0.4, 0.5) is 10.5 Å². The number of para-hydroxylation sites is 1. The van der Waals surface area contributed by atoms with Crippen LogP contribution in [0.3, 0.4) is 0 Å². The number of carboxylic acid groups (broad SMARTS) is 1. The van der Waals surface area contributed by atoms with Gasteiger partial charge < -0.3 is 15.7 Å². The van der Waals surface area contributed by atoms with Crippen molar-refractivity contribution >= 4 is 47.8 Å². The molecule has 0 bridgehead atoms. The Morgan fingerprint density at radius 2 is 1.84 bits per heavy atom. The van der Waals surface area contributed by atoms with Crippen molar-refractivity contribution in [3.05, 3.63) is 65.7 Å². The van der Waals surface area contributed by atoms with Gasteiger partial charge in [0.1, 0.15) is 12.6 Å². The summed E-state index contributed by atoms with van der Waals surface area (Å²) in [4.78, 5) is 60.4. The van der Waals surface area contributed by atoms with Crippen LogP contribution in [0, 0.1) is 0 Å². The molecule has 200 valence electrons. The fraction of sp³-hybridized carbons (Fsp3) is 0.370. The fourth-order valence-corrected chi connectivity index (χ4v) is 5.37. The van der Waals surface area contributed by atoms with E-state index in [0.29, 0.717) is 35.4 Å². The number of likely N-dealkylation sites (tertiary alicyclic amines) is 1. The molecule has 4 amide bonds. The van der Waals surface area contributed by atoms with Crippen molar-refractivity contribution in [2.75, 3.05) is 30.8 Å². The van der Waals surface area contributed by atoms with Crippen molar-refractivity contribution in [1.29, 1.82) is 0 Å². The largest absolute Gasteiger partial charge is 0.521 e. The van der Waals surface area contributed by atoms with Gasteiger partial charge in [-0.05, 0) is 13.0 Å². The third-order valence-corrected chi connectivity index (χ3v) is 7.82. The first kappa shape index (κ1) is 27.5. The van der Waals surface area contributed by atoms with Gasteiger partial charge in [-0.1, -0.05) is 48.5 Å². The third kappa shape index (κ3) is 4.72. The van der Waals surface area contributed by atoms with E-state index in [1.54, 1.807) is 31.2 Å². The van der Waals surface area contributed by atoms with Crippen molar-refractivity contribution in [2.24, 2.45) is 10.7 Å². The Labute approximate surface area is 226 Å². The summed E-state index contributed by atoms with van der Waals surface area (Å²) < 4.78 is -0.748. The first-order valence-electron chi connectivity index (χ1n) is 12.4. The Bertz CT molecular complexity index is 1290. The topological polar surface area (TPSA) is 133 Å². The van der Waals surface area contributed by atoms with Crippen LogP contribution in [0.25, 0.3) is 0 Å². The van der Waals surface area contributed by atoms with Crippen molar-refractivity contribution in [1.82, 2.24) is 4.90 Å². The Morgan fingerprint density at radius 3 is 2.45 bits per heavy atom. The van der Waals surface area contributed by atoms with Crippen LogP contribution in [0.15, 0.2) is 59.6 Å². The first-order valence-corrected chi connectivity index (χ1v) is 13.1. The minimum Gasteiger partial charge on any atom is -0.435 e. The zero-order valence-electron chi connectivity index (χ0n) is 21.4. The summed E-state index contributed by atoms with van der Waals surface area (Å²) >= 11 is 4.12.